The first-order chi connectivity index (χ1) is 10.3. The van der Waals surface area contributed by atoms with Crippen molar-refractivity contribution in [2.45, 2.75) is 5.88 Å². The zero-order valence-corrected chi connectivity index (χ0v) is 12.0. The van der Waals surface area contributed by atoms with Crippen molar-refractivity contribution in [1.82, 2.24) is 9.38 Å². The number of alkyl halides is 1. The minimum atomic E-state index is 0.489. The van der Waals surface area contributed by atoms with Gasteiger partial charge in [-0.05, 0) is 35.9 Å². The van der Waals surface area contributed by atoms with Crippen molar-refractivity contribution in [2.24, 2.45) is 0 Å². The van der Waals surface area contributed by atoms with Gasteiger partial charge in [0.25, 0.3) is 0 Å². The summed E-state index contributed by atoms with van der Waals surface area (Å²) in [6, 6.07) is 9.89. The molecule has 3 aromatic rings. The first kappa shape index (κ1) is 12.5. The Kier molecular flexibility index (Phi) is 2.97. The quantitative estimate of drug-likeness (QED) is 0.679. The Bertz CT molecular complexity index is 813. The van der Waals surface area contributed by atoms with E-state index in [1.54, 1.807) is 0 Å². The van der Waals surface area contributed by atoms with Gasteiger partial charge >= 0.3 is 0 Å². The van der Waals surface area contributed by atoms with Crippen molar-refractivity contribution in [3.63, 3.8) is 0 Å². The van der Waals surface area contributed by atoms with E-state index in [1.165, 1.54) is 0 Å². The van der Waals surface area contributed by atoms with Gasteiger partial charge in [0.05, 0.1) is 5.69 Å². The van der Waals surface area contributed by atoms with Crippen molar-refractivity contribution >= 4 is 17.2 Å². The highest BCUT2D eigenvalue weighted by Gasteiger charge is 2.13. The molecule has 0 saturated carbocycles. The summed E-state index contributed by atoms with van der Waals surface area (Å²) in [5.74, 6) is 2.05. The van der Waals surface area contributed by atoms with Crippen LogP contribution in [-0.4, -0.2) is 22.6 Å². The van der Waals surface area contributed by atoms with Crippen molar-refractivity contribution in [1.29, 1.82) is 0 Å². The molecule has 4 nitrogen and oxygen atoms in total. The van der Waals surface area contributed by atoms with Gasteiger partial charge in [0.15, 0.2) is 11.5 Å². The number of nitrogens with zero attached hydrogens (tertiary/aromatic N) is 2. The van der Waals surface area contributed by atoms with Crippen molar-refractivity contribution in [2.75, 3.05) is 13.2 Å². The fourth-order valence-corrected chi connectivity index (χ4v) is 2.62. The molecule has 106 valence electrons. The number of benzene rings is 1. The number of ether oxygens (including phenoxy) is 2. The number of hydrogen-bond donors (Lipinski definition) is 0. The molecule has 0 atom stereocenters. The van der Waals surface area contributed by atoms with E-state index in [1.807, 2.05) is 47.1 Å². The van der Waals surface area contributed by atoms with Crippen LogP contribution in [0, 0.1) is 0 Å². The van der Waals surface area contributed by atoms with Gasteiger partial charge in [0.2, 0.25) is 0 Å². The van der Waals surface area contributed by atoms with Crippen LogP contribution in [0.4, 0.5) is 0 Å². The lowest BCUT2D eigenvalue weighted by atomic mass is 10.1. The molecule has 0 aliphatic carbocycles. The number of hydrogen-bond acceptors (Lipinski definition) is 3. The van der Waals surface area contributed by atoms with Crippen LogP contribution in [0.5, 0.6) is 11.5 Å². The van der Waals surface area contributed by atoms with E-state index in [0.29, 0.717) is 19.1 Å². The van der Waals surface area contributed by atoms with Crippen LogP contribution < -0.4 is 9.47 Å². The lowest BCUT2D eigenvalue weighted by molar-refractivity contribution is 0.171. The first-order valence-corrected chi connectivity index (χ1v) is 7.30. The molecule has 4 rings (SSSR count). The molecule has 1 aliphatic rings. The van der Waals surface area contributed by atoms with E-state index in [-0.39, 0.29) is 0 Å². The van der Waals surface area contributed by atoms with Crippen molar-refractivity contribution < 1.29 is 9.47 Å². The number of halogens is 1. The molecule has 0 bridgehead atoms. The largest absolute Gasteiger partial charge is 0.486 e. The summed E-state index contributed by atoms with van der Waals surface area (Å²) in [4.78, 5) is 4.65. The fourth-order valence-electron chi connectivity index (χ4n) is 2.45. The number of fused-ring (bicyclic) bond motifs is 2. The molecule has 2 aromatic heterocycles. The average Bonchev–Trinajstić information content (AvgIpc) is 2.97. The van der Waals surface area contributed by atoms with Gasteiger partial charge in [-0.3, -0.25) is 0 Å². The minimum absolute atomic E-state index is 0.489. The molecule has 1 aliphatic heterocycles. The third-order valence-electron chi connectivity index (χ3n) is 3.52. The van der Waals surface area contributed by atoms with Crippen LogP contribution >= 0.6 is 11.6 Å². The van der Waals surface area contributed by atoms with Gasteiger partial charge < -0.3 is 13.9 Å². The molecule has 0 spiro atoms. The second-order valence-corrected chi connectivity index (χ2v) is 5.19. The maximum Gasteiger partial charge on any atom is 0.162 e. The molecule has 0 amide bonds. The predicted molar refractivity (Wildman–Crippen MR) is 81.2 cm³/mol. The van der Waals surface area contributed by atoms with Crippen LogP contribution in [-0.2, 0) is 5.88 Å². The van der Waals surface area contributed by atoms with E-state index in [2.05, 4.69) is 4.98 Å². The second-order valence-electron chi connectivity index (χ2n) is 4.92. The van der Waals surface area contributed by atoms with Crippen molar-refractivity contribution in [3.8, 4) is 22.8 Å². The normalized spacial score (nSPS) is 13.6. The summed E-state index contributed by atoms with van der Waals surface area (Å²) < 4.78 is 13.1. The zero-order valence-electron chi connectivity index (χ0n) is 11.3. The van der Waals surface area contributed by atoms with Gasteiger partial charge in [-0.1, -0.05) is 0 Å². The SMILES string of the molecule is ClCc1ccn2cc(-c3ccc4c(c3)OCCO4)nc2c1. The molecule has 21 heavy (non-hydrogen) atoms. The maximum absolute atomic E-state index is 5.86. The Hall–Kier alpha value is -2.20. The third-order valence-corrected chi connectivity index (χ3v) is 3.83. The Morgan fingerprint density at radius 1 is 1.10 bits per heavy atom. The predicted octanol–water partition coefficient (Wildman–Crippen LogP) is 3.51. The lowest BCUT2D eigenvalue weighted by Gasteiger charge is -2.18. The summed E-state index contributed by atoms with van der Waals surface area (Å²) in [7, 11) is 0. The highest BCUT2D eigenvalue weighted by Crippen LogP contribution is 2.34. The molecular weight excluding hydrogens is 288 g/mol. The summed E-state index contributed by atoms with van der Waals surface area (Å²) in [6.45, 7) is 1.18. The fraction of sp³-hybridized carbons (Fsp3) is 0.188. The number of aromatic nitrogens is 2. The highest BCUT2D eigenvalue weighted by molar-refractivity contribution is 6.17. The van der Waals surface area contributed by atoms with E-state index < -0.39 is 0 Å². The summed E-state index contributed by atoms with van der Waals surface area (Å²) >= 11 is 5.86. The molecule has 0 unspecified atom stereocenters. The van der Waals surface area contributed by atoms with Gasteiger partial charge in [0.1, 0.15) is 18.9 Å². The van der Waals surface area contributed by atoms with E-state index >= 15 is 0 Å². The Morgan fingerprint density at radius 2 is 1.95 bits per heavy atom. The number of imidazole rings is 1. The summed E-state index contributed by atoms with van der Waals surface area (Å²) in [5.41, 5.74) is 3.86. The monoisotopic (exact) mass is 300 g/mol. The Morgan fingerprint density at radius 3 is 2.81 bits per heavy atom. The molecule has 1 aromatic carbocycles. The van der Waals surface area contributed by atoms with E-state index in [9.17, 15) is 0 Å². The van der Waals surface area contributed by atoms with Gasteiger partial charge in [0, 0.05) is 23.8 Å². The summed E-state index contributed by atoms with van der Waals surface area (Å²) in [6.07, 6.45) is 3.97. The van der Waals surface area contributed by atoms with Gasteiger partial charge in [-0.15, -0.1) is 11.6 Å². The molecule has 0 saturated heterocycles. The Balaban J connectivity index is 1.78. The standard InChI is InChI=1S/C16H13ClN2O2/c17-9-11-3-4-19-10-13(18-16(19)7-11)12-1-2-14-15(8-12)21-6-5-20-14/h1-4,7-8,10H,5-6,9H2. The molecule has 5 heteroatoms. The Labute approximate surface area is 126 Å². The van der Waals surface area contributed by atoms with Crippen LogP contribution in [0.1, 0.15) is 5.56 Å². The minimum Gasteiger partial charge on any atom is -0.486 e. The molecule has 0 fully saturated rings. The highest BCUT2D eigenvalue weighted by atomic mass is 35.5. The van der Waals surface area contributed by atoms with Crippen LogP contribution in [0.25, 0.3) is 16.9 Å². The van der Waals surface area contributed by atoms with Gasteiger partial charge in [-0.2, -0.15) is 0 Å². The molecule has 0 radical (unpaired) electrons. The van der Waals surface area contributed by atoms with Crippen molar-refractivity contribution in [3.05, 3.63) is 48.3 Å². The number of rotatable bonds is 2. The second kappa shape index (κ2) is 4.97. The van der Waals surface area contributed by atoms with Crippen LogP contribution in [0.15, 0.2) is 42.7 Å². The third kappa shape index (κ3) is 2.21. The van der Waals surface area contributed by atoms with Crippen LogP contribution in [0.2, 0.25) is 0 Å². The van der Waals surface area contributed by atoms with Gasteiger partial charge in [-0.25, -0.2) is 4.98 Å². The topological polar surface area (TPSA) is 35.8 Å². The van der Waals surface area contributed by atoms with E-state index in [4.69, 9.17) is 21.1 Å². The van der Waals surface area contributed by atoms with E-state index in [0.717, 1.165) is 34.0 Å². The van der Waals surface area contributed by atoms with Crippen LogP contribution in [0.3, 0.4) is 0 Å². The smallest absolute Gasteiger partial charge is 0.162 e. The summed E-state index contributed by atoms with van der Waals surface area (Å²) in [5, 5.41) is 0. The molecule has 0 N–H and O–H groups in total. The molecule has 3 heterocycles. The lowest BCUT2D eigenvalue weighted by Crippen LogP contribution is -2.15. The first-order valence-electron chi connectivity index (χ1n) is 6.77. The molecular formula is C16H13ClN2O2. The average molecular weight is 301 g/mol. The number of pyridine rings is 1. The maximum atomic E-state index is 5.86. The zero-order chi connectivity index (χ0) is 14.2.